The van der Waals surface area contributed by atoms with E-state index in [0.29, 0.717) is 5.69 Å². The van der Waals surface area contributed by atoms with E-state index >= 15 is 0 Å². The summed E-state index contributed by atoms with van der Waals surface area (Å²) in [6, 6.07) is 10.0. The molecule has 1 aliphatic carbocycles. The van der Waals surface area contributed by atoms with Gasteiger partial charge in [0.15, 0.2) is 5.11 Å². The number of nitrogens with zero attached hydrogens (tertiary/aromatic N) is 3. The fourth-order valence-corrected chi connectivity index (χ4v) is 6.71. The van der Waals surface area contributed by atoms with E-state index in [9.17, 15) is 14.9 Å². The first-order chi connectivity index (χ1) is 17.2. The molecular weight excluding hydrogens is 488 g/mol. The van der Waals surface area contributed by atoms with Crippen molar-refractivity contribution in [2.75, 3.05) is 4.90 Å². The van der Waals surface area contributed by atoms with Crippen LogP contribution in [0, 0.1) is 39.0 Å². The molecule has 0 radical (unpaired) electrons. The van der Waals surface area contributed by atoms with Crippen molar-refractivity contribution in [1.82, 2.24) is 9.88 Å². The van der Waals surface area contributed by atoms with Crippen LogP contribution in [0.15, 0.2) is 29.8 Å². The molecule has 0 spiro atoms. The maximum absolute atomic E-state index is 13.5. The first-order valence-corrected chi connectivity index (χ1v) is 13.2. The van der Waals surface area contributed by atoms with E-state index in [1.54, 1.807) is 17.4 Å². The number of nitriles is 1. The zero-order valence-electron chi connectivity index (χ0n) is 20.7. The third-order valence-electron chi connectivity index (χ3n) is 7.09. The minimum Gasteiger partial charge on any atom is -0.308 e. The number of anilines is 1. The first-order valence-electron chi connectivity index (χ1n) is 11.9. The van der Waals surface area contributed by atoms with Crippen LogP contribution in [0.1, 0.15) is 56.9 Å². The Morgan fingerprint density at radius 2 is 1.83 bits per heavy atom. The molecule has 2 aromatic heterocycles. The molecule has 1 fully saturated rings. The molecule has 3 aromatic rings. The fraction of sp³-hybridized carbons (Fsp3) is 0.286. The highest BCUT2D eigenvalue weighted by molar-refractivity contribution is 7.80. The number of amides is 2. The highest BCUT2D eigenvalue weighted by atomic mass is 32.1. The molecule has 2 amide bonds. The normalized spacial score (nSPS) is 16.8. The Kier molecular flexibility index (Phi) is 6.15. The van der Waals surface area contributed by atoms with Crippen LogP contribution >= 0.6 is 23.6 Å². The Morgan fingerprint density at radius 1 is 1.08 bits per heavy atom. The standard InChI is InChI=1S/C28H26N4O2S2/c1-15-9-10-20(11-16(15)2)32-26(34)22(25(33)30-28(32)35)13-19-12-17(3)31(18(19)4)27-23(14-29)21-7-5-6-8-24(21)36-27/h9-13H,5-8H2,1-4H3,(H,30,33,35)/b22-13+. The van der Waals surface area contributed by atoms with Crippen LogP contribution in [0.3, 0.4) is 0 Å². The number of thiocarbonyl (C=S) groups is 1. The van der Waals surface area contributed by atoms with E-state index < -0.39 is 11.8 Å². The van der Waals surface area contributed by atoms with Crippen LogP contribution in [0.5, 0.6) is 0 Å². The van der Waals surface area contributed by atoms with Crippen LogP contribution in [0.4, 0.5) is 5.69 Å². The second-order valence-corrected chi connectivity index (χ2v) is 10.9. The fourth-order valence-electron chi connectivity index (χ4n) is 4.98. The highest BCUT2D eigenvalue weighted by Gasteiger charge is 2.35. The minimum absolute atomic E-state index is 0.0214. The van der Waals surface area contributed by atoms with Crippen molar-refractivity contribution < 1.29 is 9.59 Å². The summed E-state index contributed by atoms with van der Waals surface area (Å²) in [4.78, 5) is 29.0. The molecule has 2 aliphatic rings. The quantitative estimate of drug-likeness (QED) is 0.290. The smallest absolute Gasteiger partial charge is 0.270 e. The molecular formula is C28H26N4O2S2. The number of hydrogen-bond acceptors (Lipinski definition) is 5. The molecule has 1 aliphatic heterocycles. The number of aromatic nitrogens is 1. The van der Waals surface area contributed by atoms with E-state index in [-0.39, 0.29) is 10.7 Å². The predicted octanol–water partition coefficient (Wildman–Crippen LogP) is 5.35. The Bertz CT molecular complexity index is 1530. The van der Waals surface area contributed by atoms with Gasteiger partial charge in [-0.05, 0) is 112 Å². The number of rotatable bonds is 3. The number of thiophene rings is 1. The van der Waals surface area contributed by atoms with Gasteiger partial charge in [-0.25, -0.2) is 0 Å². The van der Waals surface area contributed by atoms with Gasteiger partial charge in [0.1, 0.15) is 16.6 Å². The molecule has 0 unspecified atom stereocenters. The molecule has 36 heavy (non-hydrogen) atoms. The summed E-state index contributed by atoms with van der Waals surface area (Å²) < 4.78 is 2.07. The van der Waals surface area contributed by atoms with Gasteiger partial charge in [0.25, 0.3) is 11.8 Å². The molecule has 182 valence electrons. The molecule has 0 atom stereocenters. The summed E-state index contributed by atoms with van der Waals surface area (Å²) in [5, 5.41) is 13.6. The lowest BCUT2D eigenvalue weighted by Gasteiger charge is -2.29. The number of carbonyl (C=O) groups excluding carboxylic acids is 2. The topological polar surface area (TPSA) is 78.1 Å². The van der Waals surface area contributed by atoms with Gasteiger partial charge in [0, 0.05) is 16.3 Å². The summed E-state index contributed by atoms with van der Waals surface area (Å²) in [5.41, 5.74) is 7.27. The van der Waals surface area contributed by atoms with Gasteiger partial charge in [-0.1, -0.05) is 6.07 Å². The number of fused-ring (bicyclic) bond motifs is 1. The lowest BCUT2D eigenvalue weighted by Crippen LogP contribution is -2.54. The van der Waals surface area contributed by atoms with Gasteiger partial charge in [-0.2, -0.15) is 5.26 Å². The van der Waals surface area contributed by atoms with E-state index in [4.69, 9.17) is 12.2 Å². The van der Waals surface area contributed by atoms with Crippen LogP contribution in [0.25, 0.3) is 11.1 Å². The molecule has 5 rings (SSSR count). The molecule has 6 nitrogen and oxygen atoms in total. The largest absolute Gasteiger partial charge is 0.308 e. The van der Waals surface area contributed by atoms with E-state index in [1.165, 1.54) is 15.3 Å². The van der Waals surface area contributed by atoms with Crippen molar-refractivity contribution in [2.45, 2.75) is 53.4 Å². The second kappa shape index (κ2) is 9.16. The molecule has 1 aromatic carbocycles. The SMILES string of the molecule is Cc1ccc(N2C(=O)/C(=C/c3cc(C)n(-c4sc5c(c4C#N)CCCC5)c3C)C(=O)NC2=S)cc1C. The average molecular weight is 515 g/mol. The molecule has 1 N–H and O–H groups in total. The number of aryl methyl sites for hydroxylation is 4. The second-order valence-electron chi connectivity index (χ2n) is 9.39. The summed E-state index contributed by atoms with van der Waals surface area (Å²) in [6.45, 7) is 7.91. The summed E-state index contributed by atoms with van der Waals surface area (Å²) in [7, 11) is 0. The van der Waals surface area contributed by atoms with Crippen LogP contribution in [0.2, 0.25) is 0 Å². The number of nitrogens with one attached hydrogen (secondary N) is 1. The number of carbonyl (C=O) groups is 2. The maximum Gasteiger partial charge on any atom is 0.270 e. The summed E-state index contributed by atoms with van der Waals surface area (Å²) >= 11 is 7.03. The Hall–Kier alpha value is -3.54. The zero-order valence-corrected chi connectivity index (χ0v) is 22.3. The highest BCUT2D eigenvalue weighted by Crippen LogP contribution is 2.38. The van der Waals surface area contributed by atoms with Crippen LogP contribution in [-0.4, -0.2) is 21.5 Å². The third-order valence-corrected chi connectivity index (χ3v) is 8.65. The van der Waals surface area contributed by atoms with Crippen LogP contribution in [-0.2, 0) is 22.4 Å². The summed E-state index contributed by atoms with van der Waals surface area (Å²) in [5.74, 6) is -0.972. The Labute approximate surface area is 219 Å². The van der Waals surface area contributed by atoms with Crippen molar-refractivity contribution in [3.63, 3.8) is 0 Å². The third kappa shape index (κ3) is 3.89. The first kappa shape index (κ1) is 24.2. The van der Waals surface area contributed by atoms with E-state index in [0.717, 1.165) is 64.3 Å². The number of benzene rings is 1. The lowest BCUT2D eigenvalue weighted by atomic mass is 9.96. The molecule has 0 bridgehead atoms. The van der Waals surface area contributed by atoms with Gasteiger partial charge in [0.2, 0.25) is 0 Å². The van der Waals surface area contributed by atoms with Crippen molar-refractivity contribution in [3.8, 4) is 11.1 Å². The van der Waals surface area contributed by atoms with Gasteiger partial charge in [0.05, 0.1) is 11.3 Å². The molecule has 1 saturated heterocycles. The van der Waals surface area contributed by atoms with Gasteiger partial charge >= 0.3 is 0 Å². The van der Waals surface area contributed by atoms with E-state index in [1.807, 2.05) is 52.0 Å². The monoisotopic (exact) mass is 514 g/mol. The van der Waals surface area contributed by atoms with Crippen molar-refractivity contribution in [3.05, 3.63) is 73.9 Å². The van der Waals surface area contributed by atoms with Crippen molar-refractivity contribution in [2.24, 2.45) is 0 Å². The van der Waals surface area contributed by atoms with Crippen LogP contribution < -0.4 is 10.2 Å². The van der Waals surface area contributed by atoms with E-state index in [2.05, 4.69) is 16.0 Å². The lowest BCUT2D eigenvalue weighted by molar-refractivity contribution is -0.122. The Morgan fingerprint density at radius 3 is 2.56 bits per heavy atom. The Balaban J connectivity index is 1.57. The van der Waals surface area contributed by atoms with Gasteiger partial charge < -0.3 is 4.57 Å². The molecule has 8 heteroatoms. The average Bonchev–Trinajstić information content (AvgIpc) is 3.34. The molecule has 0 saturated carbocycles. The van der Waals surface area contributed by atoms with Gasteiger partial charge in [-0.3, -0.25) is 19.8 Å². The molecule has 3 heterocycles. The van der Waals surface area contributed by atoms with Gasteiger partial charge in [-0.15, -0.1) is 11.3 Å². The predicted molar refractivity (Wildman–Crippen MR) is 147 cm³/mol. The minimum atomic E-state index is -0.515. The summed E-state index contributed by atoms with van der Waals surface area (Å²) in [6.07, 6.45) is 5.83. The zero-order chi connectivity index (χ0) is 25.7. The van der Waals surface area contributed by atoms with Crippen molar-refractivity contribution >= 4 is 52.2 Å². The maximum atomic E-state index is 13.5. The number of hydrogen-bond donors (Lipinski definition) is 1. The van der Waals surface area contributed by atoms with Crippen molar-refractivity contribution in [1.29, 1.82) is 5.26 Å².